The number of methoxy groups -OCH3 is 2. The van der Waals surface area contributed by atoms with Gasteiger partial charge in [-0.1, -0.05) is 49.3 Å². The van der Waals surface area contributed by atoms with Gasteiger partial charge >= 0.3 is 0 Å². The molecule has 1 aliphatic heterocycles. The van der Waals surface area contributed by atoms with Gasteiger partial charge in [-0.25, -0.2) is 0 Å². The van der Waals surface area contributed by atoms with Gasteiger partial charge in [0.2, 0.25) is 17.1 Å². The fourth-order valence-electron chi connectivity index (χ4n) is 4.13. The Morgan fingerprint density at radius 1 is 1.31 bits per heavy atom. The third-order valence-electron chi connectivity index (χ3n) is 6.31. The van der Waals surface area contributed by atoms with Gasteiger partial charge in [0.05, 0.1) is 26.4 Å². The summed E-state index contributed by atoms with van der Waals surface area (Å²) >= 11 is 0. The molecule has 4 unspecified atom stereocenters. The average molecular weight is 446 g/mol. The van der Waals surface area contributed by atoms with E-state index in [2.05, 4.69) is 43.1 Å². The van der Waals surface area contributed by atoms with Gasteiger partial charge < -0.3 is 24.3 Å². The first-order valence-corrected chi connectivity index (χ1v) is 11.3. The topological polar surface area (TPSA) is 84.1 Å². The van der Waals surface area contributed by atoms with E-state index in [1.165, 1.54) is 19.8 Å². The van der Waals surface area contributed by atoms with Crippen LogP contribution in [0.1, 0.15) is 58.7 Å². The molecule has 0 spiro atoms. The molecule has 0 saturated carbocycles. The van der Waals surface area contributed by atoms with Crippen LogP contribution in [0.5, 0.6) is 11.6 Å². The molecular weight excluding hydrogens is 406 g/mol. The summed E-state index contributed by atoms with van der Waals surface area (Å²) in [6.45, 7) is 12.0. The van der Waals surface area contributed by atoms with Crippen LogP contribution < -0.4 is 14.9 Å². The number of nitrogens with one attached hydrogen (secondary N) is 1. The van der Waals surface area contributed by atoms with E-state index in [0.29, 0.717) is 17.9 Å². The van der Waals surface area contributed by atoms with Crippen molar-refractivity contribution in [2.75, 3.05) is 14.2 Å². The fraction of sp³-hybridized carbons (Fsp3) is 0.577. The summed E-state index contributed by atoms with van der Waals surface area (Å²) in [5.74, 6) is 0.561. The second-order valence-electron chi connectivity index (χ2n) is 8.90. The molecule has 1 aromatic heterocycles. The molecule has 0 radical (unpaired) electrons. The Balaban J connectivity index is 1.97. The number of aliphatic hydroxyl groups is 1. The molecule has 32 heavy (non-hydrogen) atoms. The molecule has 1 aromatic rings. The molecule has 0 aliphatic carbocycles. The molecule has 6 heteroatoms. The lowest BCUT2D eigenvalue weighted by molar-refractivity contribution is 0.0563. The highest BCUT2D eigenvalue weighted by Gasteiger charge is 2.57. The van der Waals surface area contributed by atoms with E-state index in [0.717, 1.165) is 24.1 Å². The van der Waals surface area contributed by atoms with Gasteiger partial charge in [0.1, 0.15) is 5.60 Å². The quantitative estimate of drug-likeness (QED) is 0.294. The molecule has 2 heterocycles. The predicted molar refractivity (Wildman–Crippen MR) is 129 cm³/mol. The molecule has 178 valence electrons. The average Bonchev–Trinajstić information content (AvgIpc) is 3.45. The lowest BCUT2D eigenvalue weighted by Crippen LogP contribution is -2.34. The largest absolute Gasteiger partial charge is 0.488 e. The van der Waals surface area contributed by atoms with E-state index < -0.39 is 11.7 Å². The van der Waals surface area contributed by atoms with Crippen molar-refractivity contribution >= 4 is 0 Å². The molecule has 0 aromatic carbocycles. The van der Waals surface area contributed by atoms with Gasteiger partial charge in [0.25, 0.3) is 0 Å². The van der Waals surface area contributed by atoms with Gasteiger partial charge in [0.15, 0.2) is 0 Å². The number of aliphatic hydroxyl groups excluding tert-OH is 1. The number of aromatic amines is 1. The zero-order chi connectivity index (χ0) is 24.1. The van der Waals surface area contributed by atoms with Crippen molar-refractivity contribution in [3.63, 3.8) is 0 Å². The van der Waals surface area contributed by atoms with Crippen molar-refractivity contribution in [3.05, 3.63) is 56.9 Å². The Hall–Kier alpha value is -2.31. The fourth-order valence-corrected chi connectivity index (χ4v) is 4.13. The first-order valence-electron chi connectivity index (χ1n) is 11.3. The highest BCUT2D eigenvalue weighted by molar-refractivity contribution is 5.40. The van der Waals surface area contributed by atoms with E-state index in [1.807, 2.05) is 20.8 Å². The number of pyridine rings is 1. The maximum atomic E-state index is 12.4. The first-order chi connectivity index (χ1) is 15.1. The summed E-state index contributed by atoms with van der Waals surface area (Å²) in [5.41, 5.74) is 3.18. The summed E-state index contributed by atoms with van der Waals surface area (Å²) in [7, 11) is 2.97. The second-order valence-corrected chi connectivity index (χ2v) is 8.90. The third kappa shape index (κ3) is 5.93. The van der Waals surface area contributed by atoms with Crippen LogP contribution in [0.4, 0.5) is 0 Å². The van der Waals surface area contributed by atoms with Crippen LogP contribution in [0.15, 0.2) is 40.2 Å². The Morgan fingerprint density at radius 2 is 2.00 bits per heavy atom. The van der Waals surface area contributed by atoms with Crippen LogP contribution in [-0.2, 0) is 11.2 Å². The minimum atomic E-state index is -0.510. The number of rotatable bonds is 11. The second kappa shape index (κ2) is 11.0. The third-order valence-corrected chi connectivity index (χ3v) is 6.31. The molecule has 4 atom stereocenters. The molecule has 1 saturated heterocycles. The Labute approximate surface area is 192 Å². The maximum Gasteiger partial charge on any atom is 0.238 e. The number of epoxide rings is 1. The number of allylic oxidation sites excluding steroid dienone is 5. The smallest absolute Gasteiger partial charge is 0.238 e. The molecule has 2 rings (SSSR count). The standard InChI is InChI=1S/C26H39NO5/c1-9-21-26(6,32-21)24(29)18(4)15-17(3)12-10-11-16(2)13-14-20-19(5)22(28)23(30-7)25(27-20)31-8/h10,12-13,15,18,21,24,29H,9,11,14H2,1-8H3,(H,27,28). The van der Waals surface area contributed by atoms with Crippen LogP contribution >= 0.6 is 0 Å². The van der Waals surface area contributed by atoms with Crippen LogP contribution in [0.3, 0.4) is 0 Å². The summed E-state index contributed by atoms with van der Waals surface area (Å²) in [5, 5.41) is 10.6. The van der Waals surface area contributed by atoms with Crippen molar-refractivity contribution in [1.82, 2.24) is 4.98 Å². The van der Waals surface area contributed by atoms with E-state index >= 15 is 0 Å². The van der Waals surface area contributed by atoms with Crippen molar-refractivity contribution < 1.29 is 19.3 Å². The van der Waals surface area contributed by atoms with Crippen molar-refractivity contribution in [3.8, 4) is 11.6 Å². The highest BCUT2D eigenvalue weighted by Crippen LogP contribution is 2.43. The van der Waals surface area contributed by atoms with Crippen LogP contribution in [0.25, 0.3) is 0 Å². The predicted octanol–water partition coefficient (Wildman–Crippen LogP) is 4.65. The Morgan fingerprint density at radius 3 is 2.56 bits per heavy atom. The summed E-state index contributed by atoms with van der Waals surface area (Å²) in [4.78, 5) is 15.6. The van der Waals surface area contributed by atoms with Crippen LogP contribution in [0.2, 0.25) is 0 Å². The SMILES string of the molecule is CCC1OC1(C)C(O)C(C)C=C(C)C=CCC(C)=CCc1[nH]c(OC)c(OC)c(=O)c1C. The molecule has 1 fully saturated rings. The number of ether oxygens (including phenoxy) is 3. The van der Waals surface area contributed by atoms with Gasteiger partial charge in [-0.2, -0.15) is 0 Å². The zero-order valence-corrected chi connectivity index (χ0v) is 20.7. The Kier molecular flexibility index (Phi) is 8.93. The van der Waals surface area contributed by atoms with E-state index in [9.17, 15) is 9.90 Å². The lowest BCUT2D eigenvalue weighted by Gasteiger charge is -2.20. The van der Waals surface area contributed by atoms with Gasteiger partial charge in [-0.15, -0.1) is 0 Å². The minimum Gasteiger partial charge on any atom is -0.488 e. The van der Waals surface area contributed by atoms with Crippen LogP contribution in [0, 0.1) is 12.8 Å². The van der Waals surface area contributed by atoms with Gasteiger partial charge in [-0.3, -0.25) is 4.79 Å². The number of hydrogen-bond donors (Lipinski definition) is 2. The highest BCUT2D eigenvalue weighted by atomic mass is 16.6. The normalized spacial score (nSPS) is 23.3. The minimum absolute atomic E-state index is 0.0164. The molecular formula is C26H39NO5. The first kappa shape index (κ1) is 25.9. The zero-order valence-electron chi connectivity index (χ0n) is 20.7. The summed E-state index contributed by atoms with van der Waals surface area (Å²) < 4.78 is 16.1. The van der Waals surface area contributed by atoms with Crippen molar-refractivity contribution in [2.45, 2.75) is 78.6 Å². The van der Waals surface area contributed by atoms with E-state index in [4.69, 9.17) is 14.2 Å². The van der Waals surface area contributed by atoms with E-state index in [1.54, 1.807) is 6.92 Å². The van der Waals surface area contributed by atoms with E-state index in [-0.39, 0.29) is 23.2 Å². The maximum absolute atomic E-state index is 12.4. The number of H-pyrrole nitrogens is 1. The molecule has 2 N–H and O–H groups in total. The Bertz CT molecular complexity index is 942. The number of aromatic nitrogens is 1. The molecule has 0 amide bonds. The van der Waals surface area contributed by atoms with Crippen molar-refractivity contribution in [2.24, 2.45) is 5.92 Å². The molecule has 1 aliphatic rings. The lowest BCUT2D eigenvalue weighted by atomic mass is 9.88. The van der Waals surface area contributed by atoms with Gasteiger partial charge in [0, 0.05) is 23.6 Å². The monoisotopic (exact) mass is 445 g/mol. The van der Waals surface area contributed by atoms with Crippen LogP contribution in [-0.4, -0.2) is 42.1 Å². The van der Waals surface area contributed by atoms with Crippen molar-refractivity contribution in [1.29, 1.82) is 0 Å². The molecule has 0 bridgehead atoms. The summed E-state index contributed by atoms with van der Waals surface area (Å²) in [6, 6.07) is 0. The number of hydrogen-bond acceptors (Lipinski definition) is 5. The van der Waals surface area contributed by atoms with Gasteiger partial charge in [-0.05, 0) is 40.5 Å². The molecule has 6 nitrogen and oxygen atoms in total. The summed E-state index contributed by atoms with van der Waals surface area (Å²) in [6.07, 6.45) is 10.4.